The second kappa shape index (κ2) is 8.12. The highest BCUT2D eigenvalue weighted by Gasteiger charge is 2.54. The normalized spacial score (nSPS) is 21.1. The van der Waals surface area contributed by atoms with Crippen LogP contribution < -0.4 is 0 Å². The molecule has 0 radical (unpaired) electrons. The van der Waals surface area contributed by atoms with Gasteiger partial charge in [-0.1, -0.05) is 30.3 Å². The van der Waals surface area contributed by atoms with Crippen molar-refractivity contribution in [3.05, 3.63) is 71.3 Å². The average molecular weight is 416 g/mol. The lowest BCUT2D eigenvalue weighted by Crippen LogP contribution is -2.58. The second-order valence-electron chi connectivity index (χ2n) is 7.67. The predicted octanol–water partition coefficient (Wildman–Crippen LogP) is 2.88. The summed E-state index contributed by atoms with van der Waals surface area (Å²) in [5.74, 6) is -3.84. The summed E-state index contributed by atoms with van der Waals surface area (Å²) in [6.07, 6.45) is 0.802. The number of amides is 1. The Morgan fingerprint density at radius 2 is 1.80 bits per heavy atom. The average Bonchev–Trinajstić information content (AvgIpc) is 3.09. The predicted molar refractivity (Wildman–Crippen MR) is 104 cm³/mol. The van der Waals surface area contributed by atoms with Gasteiger partial charge >= 0.3 is 5.97 Å². The molecule has 8 heteroatoms. The van der Waals surface area contributed by atoms with Crippen molar-refractivity contribution in [3.8, 4) is 0 Å². The van der Waals surface area contributed by atoms with Crippen LogP contribution in [-0.4, -0.2) is 58.2 Å². The first-order valence-corrected chi connectivity index (χ1v) is 9.81. The molecule has 2 fully saturated rings. The zero-order valence-electron chi connectivity index (χ0n) is 16.3. The van der Waals surface area contributed by atoms with Gasteiger partial charge < -0.3 is 9.84 Å². The molecule has 2 saturated heterocycles. The molecule has 1 amide bonds. The quantitative estimate of drug-likeness (QED) is 0.830. The fourth-order valence-corrected chi connectivity index (χ4v) is 4.25. The molecule has 6 nitrogen and oxygen atoms in total. The molecule has 1 N–H and O–H groups in total. The zero-order chi connectivity index (χ0) is 21.3. The minimum absolute atomic E-state index is 0.164. The SMILES string of the molecule is O=C(O)C1COC2(CCN(Cc3ccccc3)CC2)N1C(=O)c1ccc(F)cc1F. The van der Waals surface area contributed by atoms with Crippen molar-refractivity contribution in [3.63, 3.8) is 0 Å². The van der Waals surface area contributed by atoms with Crippen molar-refractivity contribution in [2.45, 2.75) is 31.2 Å². The van der Waals surface area contributed by atoms with Gasteiger partial charge in [0.1, 0.15) is 17.4 Å². The van der Waals surface area contributed by atoms with Gasteiger partial charge in [0.05, 0.1) is 12.2 Å². The van der Waals surface area contributed by atoms with E-state index in [1.807, 2.05) is 30.3 Å². The largest absolute Gasteiger partial charge is 0.480 e. The van der Waals surface area contributed by atoms with Crippen molar-refractivity contribution in [2.75, 3.05) is 19.7 Å². The summed E-state index contributed by atoms with van der Waals surface area (Å²) in [6.45, 7) is 1.76. The Labute approximate surface area is 172 Å². The number of likely N-dealkylation sites (tertiary alicyclic amines) is 1. The van der Waals surface area contributed by atoms with Crippen LogP contribution in [0.5, 0.6) is 0 Å². The maximum absolute atomic E-state index is 14.3. The lowest BCUT2D eigenvalue weighted by molar-refractivity contribution is -0.144. The zero-order valence-corrected chi connectivity index (χ0v) is 16.3. The minimum atomic E-state index is -1.22. The number of aliphatic carboxylic acids is 1. The van der Waals surface area contributed by atoms with Crippen LogP contribution in [-0.2, 0) is 16.1 Å². The van der Waals surface area contributed by atoms with E-state index >= 15 is 0 Å². The number of hydrogen-bond donors (Lipinski definition) is 1. The van der Waals surface area contributed by atoms with Crippen molar-refractivity contribution in [2.24, 2.45) is 0 Å². The van der Waals surface area contributed by atoms with Crippen LogP contribution in [0.15, 0.2) is 48.5 Å². The number of ether oxygens (including phenoxy) is 1. The summed E-state index contributed by atoms with van der Waals surface area (Å²) in [7, 11) is 0. The summed E-state index contributed by atoms with van der Waals surface area (Å²) in [5, 5.41) is 9.62. The van der Waals surface area contributed by atoms with Gasteiger partial charge in [0, 0.05) is 38.5 Å². The number of carboxylic acid groups (broad SMARTS) is 1. The smallest absolute Gasteiger partial charge is 0.328 e. The van der Waals surface area contributed by atoms with Crippen LogP contribution in [0.1, 0.15) is 28.8 Å². The number of halogens is 2. The number of nitrogens with zero attached hydrogens (tertiary/aromatic N) is 2. The van der Waals surface area contributed by atoms with Gasteiger partial charge in [0.15, 0.2) is 6.04 Å². The van der Waals surface area contributed by atoms with E-state index in [1.165, 1.54) is 0 Å². The number of carbonyl (C=O) groups excluding carboxylic acids is 1. The molecule has 0 aliphatic carbocycles. The molecule has 2 aromatic carbocycles. The molecule has 2 aliphatic heterocycles. The van der Waals surface area contributed by atoms with Crippen molar-refractivity contribution >= 4 is 11.9 Å². The van der Waals surface area contributed by atoms with E-state index in [9.17, 15) is 23.5 Å². The Morgan fingerprint density at radius 3 is 2.43 bits per heavy atom. The van der Waals surface area contributed by atoms with Crippen LogP contribution in [0.2, 0.25) is 0 Å². The summed E-state index contributed by atoms with van der Waals surface area (Å²) in [5.41, 5.74) is -0.321. The number of hydrogen-bond acceptors (Lipinski definition) is 4. The van der Waals surface area contributed by atoms with Gasteiger partial charge in [-0.2, -0.15) is 0 Å². The van der Waals surface area contributed by atoms with E-state index in [2.05, 4.69) is 4.90 Å². The van der Waals surface area contributed by atoms with E-state index in [4.69, 9.17) is 4.74 Å². The van der Waals surface area contributed by atoms with E-state index < -0.39 is 35.3 Å². The lowest BCUT2D eigenvalue weighted by atomic mass is 9.96. The van der Waals surface area contributed by atoms with Gasteiger partial charge in [0.2, 0.25) is 0 Å². The Kier molecular flexibility index (Phi) is 5.53. The van der Waals surface area contributed by atoms with Crippen LogP contribution in [0.25, 0.3) is 0 Å². The molecule has 0 bridgehead atoms. The van der Waals surface area contributed by atoms with E-state index in [1.54, 1.807) is 0 Å². The van der Waals surface area contributed by atoms with Gasteiger partial charge in [-0.25, -0.2) is 13.6 Å². The Balaban J connectivity index is 1.56. The molecule has 0 aromatic heterocycles. The lowest BCUT2D eigenvalue weighted by Gasteiger charge is -2.44. The number of carbonyl (C=O) groups is 2. The van der Waals surface area contributed by atoms with Gasteiger partial charge in [0.25, 0.3) is 5.91 Å². The first kappa shape index (κ1) is 20.4. The molecular formula is C22H22F2N2O4. The fraction of sp³-hybridized carbons (Fsp3) is 0.364. The summed E-state index contributed by atoms with van der Waals surface area (Å²) in [6, 6.07) is 11.4. The third-order valence-corrected chi connectivity index (χ3v) is 5.81. The Bertz CT molecular complexity index is 945. The van der Waals surface area contributed by atoms with E-state index in [0.29, 0.717) is 32.0 Å². The summed E-state index contributed by atoms with van der Waals surface area (Å²) < 4.78 is 33.4. The first-order valence-electron chi connectivity index (χ1n) is 9.81. The highest BCUT2D eigenvalue weighted by atomic mass is 19.1. The number of carboxylic acids is 1. The van der Waals surface area contributed by atoms with Gasteiger partial charge in [-0.05, 0) is 17.7 Å². The van der Waals surface area contributed by atoms with E-state index in [0.717, 1.165) is 29.1 Å². The number of rotatable bonds is 4. The third-order valence-electron chi connectivity index (χ3n) is 5.81. The molecule has 158 valence electrons. The standard InChI is InChI=1S/C22H22F2N2O4/c23-16-6-7-17(18(24)12-16)20(27)26-19(21(28)29)14-30-22(26)8-10-25(11-9-22)13-15-4-2-1-3-5-15/h1-7,12,19H,8-11,13-14H2,(H,28,29). The molecule has 2 aromatic rings. The van der Waals surface area contributed by atoms with Crippen LogP contribution >= 0.6 is 0 Å². The fourth-order valence-electron chi connectivity index (χ4n) is 4.25. The molecule has 2 aliphatic rings. The summed E-state index contributed by atoms with van der Waals surface area (Å²) in [4.78, 5) is 28.3. The second-order valence-corrected chi connectivity index (χ2v) is 7.67. The van der Waals surface area contributed by atoms with Crippen molar-refractivity contribution < 1.29 is 28.2 Å². The van der Waals surface area contributed by atoms with E-state index in [-0.39, 0.29) is 12.2 Å². The van der Waals surface area contributed by atoms with Gasteiger partial charge in [-0.15, -0.1) is 0 Å². The monoisotopic (exact) mass is 416 g/mol. The third kappa shape index (κ3) is 3.80. The van der Waals surface area contributed by atoms with Crippen LogP contribution in [0, 0.1) is 11.6 Å². The maximum atomic E-state index is 14.3. The highest BCUT2D eigenvalue weighted by molar-refractivity contribution is 5.97. The van der Waals surface area contributed by atoms with Crippen molar-refractivity contribution in [1.82, 2.24) is 9.80 Å². The highest BCUT2D eigenvalue weighted by Crippen LogP contribution is 2.39. The summed E-state index contributed by atoms with van der Waals surface area (Å²) >= 11 is 0. The maximum Gasteiger partial charge on any atom is 0.328 e. The van der Waals surface area contributed by atoms with Crippen molar-refractivity contribution in [1.29, 1.82) is 0 Å². The molecule has 30 heavy (non-hydrogen) atoms. The molecule has 1 atom stereocenters. The topological polar surface area (TPSA) is 70.1 Å². The molecular weight excluding hydrogens is 394 g/mol. The molecule has 2 heterocycles. The molecule has 1 unspecified atom stereocenters. The number of piperidine rings is 1. The number of benzene rings is 2. The Hall–Kier alpha value is -2.84. The van der Waals surface area contributed by atoms with Crippen LogP contribution in [0.3, 0.4) is 0 Å². The van der Waals surface area contributed by atoms with Gasteiger partial charge in [-0.3, -0.25) is 14.6 Å². The van der Waals surface area contributed by atoms with Crippen LogP contribution in [0.4, 0.5) is 8.78 Å². The minimum Gasteiger partial charge on any atom is -0.480 e. The first-order chi connectivity index (χ1) is 14.4. The molecule has 4 rings (SSSR count). The molecule has 1 spiro atoms. The molecule has 0 saturated carbocycles. The Morgan fingerprint density at radius 1 is 1.10 bits per heavy atom.